The lowest BCUT2D eigenvalue weighted by molar-refractivity contribution is 0.589. The van der Waals surface area contributed by atoms with E-state index in [4.69, 9.17) is 0 Å². The maximum atomic E-state index is 13.1. The summed E-state index contributed by atoms with van der Waals surface area (Å²) in [6, 6.07) is 3.93. The molecule has 0 unspecified atom stereocenters. The molecule has 0 spiro atoms. The highest BCUT2D eigenvalue weighted by atomic mass is 79.9. The van der Waals surface area contributed by atoms with Gasteiger partial charge in [-0.15, -0.1) is 0 Å². The number of aromatic amines is 1. The van der Waals surface area contributed by atoms with Crippen molar-refractivity contribution in [3.63, 3.8) is 0 Å². The largest absolute Gasteiger partial charge is 0.304 e. The number of benzene rings is 1. The summed E-state index contributed by atoms with van der Waals surface area (Å²) < 4.78 is 26.5. The van der Waals surface area contributed by atoms with E-state index in [2.05, 4.69) is 25.9 Å². The second-order valence-electron chi connectivity index (χ2n) is 3.44. The third kappa shape index (κ3) is 2.26. The fraction of sp³-hybridized carbons (Fsp3) is 0.0909. The summed E-state index contributed by atoms with van der Waals surface area (Å²) in [7, 11) is 0. The molecule has 2 aromatic rings. The molecular weight excluding hydrogens is 294 g/mol. The van der Waals surface area contributed by atoms with Gasteiger partial charge >= 0.3 is 0 Å². The first kappa shape index (κ1) is 11.9. The summed E-state index contributed by atoms with van der Waals surface area (Å²) in [5.41, 5.74) is -0.352. The van der Waals surface area contributed by atoms with Gasteiger partial charge in [-0.05, 0) is 41.1 Å². The Morgan fingerprint density at radius 2 is 2.06 bits per heavy atom. The van der Waals surface area contributed by atoms with Crippen molar-refractivity contribution in [1.82, 2.24) is 9.97 Å². The molecule has 0 aliphatic carbocycles. The highest BCUT2D eigenvalue weighted by Gasteiger charge is 2.11. The Labute approximate surface area is 104 Å². The van der Waals surface area contributed by atoms with Gasteiger partial charge in [0.1, 0.15) is 11.6 Å². The molecule has 0 amide bonds. The van der Waals surface area contributed by atoms with Crippen molar-refractivity contribution >= 4 is 15.9 Å². The summed E-state index contributed by atoms with van der Waals surface area (Å²) in [6.45, 7) is 1.39. The summed E-state index contributed by atoms with van der Waals surface area (Å²) in [5, 5.41) is 0. The van der Waals surface area contributed by atoms with Crippen LogP contribution in [0.4, 0.5) is 8.78 Å². The number of nitrogens with zero attached hydrogens (tertiary/aromatic N) is 1. The first-order valence-corrected chi connectivity index (χ1v) is 5.50. The van der Waals surface area contributed by atoms with E-state index in [1.165, 1.54) is 25.1 Å². The number of hydrogen-bond donors (Lipinski definition) is 1. The van der Waals surface area contributed by atoms with Gasteiger partial charge in [-0.25, -0.2) is 9.37 Å². The normalized spacial score (nSPS) is 10.6. The van der Waals surface area contributed by atoms with E-state index in [1.54, 1.807) is 0 Å². The monoisotopic (exact) mass is 300 g/mol. The SMILES string of the molecule is Cc1nc(-c2ccc(F)cc2Br)[nH]c(=O)c1F. The van der Waals surface area contributed by atoms with Crippen molar-refractivity contribution in [3.05, 3.63) is 50.4 Å². The fourth-order valence-corrected chi connectivity index (χ4v) is 1.92. The number of hydrogen-bond acceptors (Lipinski definition) is 2. The Bertz CT molecular complexity index is 640. The quantitative estimate of drug-likeness (QED) is 0.880. The predicted molar refractivity (Wildman–Crippen MR) is 62.6 cm³/mol. The van der Waals surface area contributed by atoms with Gasteiger partial charge in [0.15, 0.2) is 0 Å². The van der Waals surface area contributed by atoms with Crippen LogP contribution >= 0.6 is 15.9 Å². The van der Waals surface area contributed by atoms with E-state index in [0.29, 0.717) is 10.0 Å². The summed E-state index contributed by atoms with van der Waals surface area (Å²) >= 11 is 3.16. The number of nitrogens with one attached hydrogen (secondary N) is 1. The molecule has 0 fully saturated rings. The standard InChI is InChI=1S/C11H7BrF2N2O/c1-5-9(14)11(17)16-10(15-5)7-3-2-6(13)4-8(7)12/h2-4H,1H3,(H,15,16,17). The Balaban J connectivity index is 2.65. The molecule has 0 saturated heterocycles. The van der Waals surface area contributed by atoms with Crippen molar-refractivity contribution in [2.75, 3.05) is 0 Å². The van der Waals surface area contributed by atoms with Crippen LogP contribution in [-0.4, -0.2) is 9.97 Å². The van der Waals surface area contributed by atoms with Crippen LogP contribution in [0.2, 0.25) is 0 Å². The summed E-state index contributed by atoms with van der Waals surface area (Å²) in [6.07, 6.45) is 0. The second-order valence-corrected chi connectivity index (χ2v) is 4.29. The number of aryl methyl sites for hydroxylation is 1. The molecule has 3 nitrogen and oxygen atoms in total. The van der Waals surface area contributed by atoms with Crippen LogP contribution in [0.1, 0.15) is 5.69 Å². The Morgan fingerprint density at radius 3 is 2.65 bits per heavy atom. The smallest absolute Gasteiger partial charge is 0.287 e. The zero-order valence-corrected chi connectivity index (χ0v) is 10.3. The summed E-state index contributed by atoms with van der Waals surface area (Å²) in [4.78, 5) is 17.5. The predicted octanol–water partition coefficient (Wildman–Crippen LogP) is 2.79. The number of aromatic nitrogens is 2. The lowest BCUT2D eigenvalue weighted by Gasteiger charge is -2.05. The molecule has 1 N–H and O–H groups in total. The lowest BCUT2D eigenvalue weighted by atomic mass is 10.2. The number of halogens is 3. The van der Waals surface area contributed by atoms with Gasteiger partial charge < -0.3 is 4.98 Å². The molecule has 0 atom stereocenters. The van der Waals surface area contributed by atoms with E-state index in [0.717, 1.165) is 0 Å². The Morgan fingerprint density at radius 1 is 1.35 bits per heavy atom. The van der Waals surface area contributed by atoms with Crippen LogP contribution in [0.5, 0.6) is 0 Å². The van der Waals surface area contributed by atoms with E-state index in [9.17, 15) is 13.6 Å². The minimum atomic E-state index is -0.910. The number of H-pyrrole nitrogens is 1. The molecule has 0 aliphatic heterocycles. The topological polar surface area (TPSA) is 45.8 Å². The molecule has 0 bridgehead atoms. The van der Waals surface area contributed by atoms with Crippen molar-refractivity contribution in [2.24, 2.45) is 0 Å². The first-order chi connectivity index (χ1) is 7.99. The third-order valence-electron chi connectivity index (χ3n) is 2.21. The van der Waals surface area contributed by atoms with Gasteiger partial charge in [-0.2, -0.15) is 4.39 Å². The summed E-state index contributed by atoms with van der Waals surface area (Å²) in [5.74, 6) is -1.13. The highest BCUT2D eigenvalue weighted by molar-refractivity contribution is 9.10. The van der Waals surface area contributed by atoms with Crippen LogP contribution < -0.4 is 5.56 Å². The highest BCUT2D eigenvalue weighted by Crippen LogP contribution is 2.25. The minimum absolute atomic E-state index is 0.0000231. The van der Waals surface area contributed by atoms with Gasteiger partial charge in [-0.1, -0.05) is 0 Å². The van der Waals surface area contributed by atoms with Gasteiger partial charge in [0.05, 0.1) is 5.69 Å². The molecule has 17 heavy (non-hydrogen) atoms. The number of rotatable bonds is 1. The lowest BCUT2D eigenvalue weighted by Crippen LogP contribution is -2.15. The van der Waals surface area contributed by atoms with Crippen LogP contribution in [-0.2, 0) is 0 Å². The van der Waals surface area contributed by atoms with Crippen LogP contribution in [0.25, 0.3) is 11.4 Å². The molecule has 88 valence electrons. The van der Waals surface area contributed by atoms with Crippen LogP contribution in [0.3, 0.4) is 0 Å². The van der Waals surface area contributed by atoms with Gasteiger partial charge in [0.2, 0.25) is 5.82 Å². The maximum Gasteiger partial charge on any atom is 0.287 e. The Kier molecular flexibility index (Phi) is 3.06. The van der Waals surface area contributed by atoms with Crippen molar-refractivity contribution in [3.8, 4) is 11.4 Å². The zero-order valence-electron chi connectivity index (χ0n) is 8.72. The van der Waals surface area contributed by atoms with E-state index in [1.807, 2.05) is 0 Å². The average Bonchev–Trinajstić information content (AvgIpc) is 2.25. The van der Waals surface area contributed by atoms with Crippen molar-refractivity contribution in [2.45, 2.75) is 6.92 Å². The third-order valence-corrected chi connectivity index (χ3v) is 2.87. The second kappa shape index (κ2) is 4.37. The molecule has 0 aliphatic rings. The molecule has 0 saturated carbocycles. The van der Waals surface area contributed by atoms with E-state index in [-0.39, 0.29) is 11.5 Å². The Hall–Kier alpha value is -1.56. The molecule has 1 aromatic heterocycles. The molecule has 1 aromatic carbocycles. The van der Waals surface area contributed by atoms with Crippen molar-refractivity contribution in [1.29, 1.82) is 0 Å². The average molecular weight is 301 g/mol. The molecule has 6 heteroatoms. The van der Waals surface area contributed by atoms with Gasteiger partial charge in [0.25, 0.3) is 5.56 Å². The molecule has 2 rings (SSSR count). The van der Waals surface area contributed by atoms with Gasteiger partial charge in [0, 0.05) is 10.0 Å². The minimum Gasteiger partial charge on any atom is -0.304 e. The van der Waals surface area contributed by atoms with E-state index < -0.39 is 17.2 Å². The first-order valence-electron chi connectivity index (χ1n) is 4.71. The van der Waals surface area contributed by atoms with Gasteiger partial charge in [-0.3, -0.25) is 4.79 Å². The van der Waals surface area contributed by atoms with Crippen LogP contribution in [0.15, 0.2) is 27.5 Å². The van der Waals surface area contributed by atoms with E-state index >= 15 is 0 Å². The maximum absolute atomic E-state index is 13.1. The zero-order chi connectivity index (χ0) is 12.6. The molecular formula is C11H7BrF2N2O. The fourth-order valence-electron chi connectivity index (χ4n) is 1.38. The molecule has 0 radical (unpaired) electrons. The van der Waals surface area contributed by atoms with Crippen LogP contribution in [0, 0.1) is 18.6 Å². The van der Waals surface area contributed by atoms with Crippen molar-refractivity contribution < 1.29 is 8.78 Å². The molecule has 1 heterocycles.